The van der Waals surface area contributed by atoms with Crippen molar-refractivity contribution in [3.63, 3.8) is 0 Å². The Hall–Kier alpha value is -1.32. The van der Waals surface area contributed by atoms with Gasteiger partial charge in [0.2, 0.25) is 0 Å². The van der Waals surface area contributed by atoms with Gasteiger partial charge in [-0.2, -0.15) is 0 Å². The molecule has 0 saturated heterocycles. The van der Waals surface area contributed by atoms with Crippen molar-refractivity contribution in [2.45, 2.75) is 26.4 Å². The molecule has 0 atom stereocenters. The minimum Gasteiger partial charge on any atom is -0.443 e. The SMILES string of the molecule is [CH2]c1cn(C(=O)OC(C)(C)C)cn1. The van der Waals surface area contributed by atoms with Crippen LogP contribution in [-0.4, -0.2) is 21.2 Å². The molecule has 0 aliphatic carbocycles. The van der Waals surface area contributed by atoms with Gasteiger partial charge in [0.15, 0.2) is 0 Å². The molecule has 0 amide bonds. The summed E-state index contributed by atoms with van der Waals surface area (Å²) in [7, 11) is 0. The fourth-order valence-corrected chi connectivity index (χ4v) is 0.778. The van der Waals surface area contributed by atoms with Gasteiger partial charge in [0.25, 0.3) is 0 Å². The Morgan fingerprint density at radius 3 is 2.62 bits per heavy atom. The Morgan fingerprint density at radius 1 is 1.62 bits per heavy atom. The summed E-state index contributed by atoms with van der Waals surface area (Å²) >= 11 is 0. The van der Waals surface area contributed by atoms with Crippen molar-refractivity contribution < 1.29 is 9.53 Å². The zero-order chi connectivity index (χ0) is 10.1. The van der Waals surface area contributed by atoms with Crippen LogP contribution in [0.25, 0.3) is 0 Å². The lowest BCUT2D eigenvalue weighted by molar-refractivity contribution is 0.0536. The van der Waals surface area contributed by atoms with Crippen LogP contribution in [0.1, 0.15) is 26.5 Å². The van der Waals surface area contributed by atoms with Crippen LogP contribution in [0.2, 0.25) is 0 Å². The first-order chi connectivity index (χ1) is 5.88. The van der Waals surface area contributed by atoms with Gasteiger partial charge in [0, 0.05) is 6.20 Å². The summed E-state index contributed by atoms with van der Waals surface area (Å²) in [5.74, 6) is 0. The lowest BCUT2D eigenvalue weighted by Crippen LogP contribution is -2.26. The smallest absolute Gasteiger partial charge is 0.419 e. The van der Waals surface area contributed by atoms with Crippen LogP contribution in [0.3, 0.4) is 0 Å². The molecule has 0 N–H and O–H groups in total. The predicted molar refractivity (Wildman–Crippen MR) is 48.3 cm³/mol. The van der Waals surface area contributed by atoms with E-state index in [4.69, 9.17) is 4.74 Å². The van der Waals surface area contributed by atoms with Crippen molar-refractivity contribution in [2.24, 2.45) is 0 Å². The number of carbonyl (C=O) groups excluding carboxylic acids is 1. The Labute approximate surface area is 77.5 Å². The van der Waals surface area contributed by atoms with Crippen molar-refractivity contribution in [1.29, 1.82) is 0 Å². The van der Waals surface area contributed by atoms with Crippen molar-refractivity contribution in [1.82, 2.24) is 9.55 Å². The molecule has 1 aromatic heterocycles. The van der Waals surface area contributed by atoms with Crippen LogP contribution in [0, 0.1) is 6.92 Å². The van der Waals surface area contributed by atoms with Crippen LogP contribution in [-0.2, 0) is 4.74 Å². The third-order valence-electron chi connectivity index (χ3n) is 1.24. The Bertz CT molecular complexity index is 310. The molecule has 4 heteroatoms. The van der Waals surface area contributed by atoms with E-state index in [0.29, 0.717) is 5.69 Å². The van der Waals surface area contributed by atoms with E-state index >= 15 is 0 Å². The molecule has 0 aliphatic heterocycles. The van der Waals surface area contributed by atoms with E-state index in [1.165, 1.54) is 17.1 Å². The Kier molecular flexibility index (Phi) is 2.40. The average Bonchev–Trinajstić information content (AvgIpc) is 2.31. The summed E-state index contributed by atoms with van der Waals surface area (Å²) in [5.41, 5.74) is 0.0636. The van der Waals surface area contributed by atoms with Gasteiger partial charge in [-0.1, -0.05) is 0 Å². The molecule has 0 spiro atoms. The predicted octanol–water partition coefficient (Wildman–Crippen LogP) is 1.85. The zero-order valence-corrected chi connectivity index (χ0v) is 8.07. The topological polar surface area (TPSA) is 44.1 Å². The first-order valence-electron chi connectivity index (χ1n) is 3.98. The molecule has 0 unspecified atom stereocenters. The number of aromatic nitrogens is 2. The van der Waals surface area contributed by atoms with Crippen molar-refractivity contribution >= 4 is 6.09 Å². The lowest BCUT2D eigenvalue weighted by atomic mass is 10.2. The second-order valence-electron chi connectivity index (χ2n) is 3.75. The average molecular weight is 181 g/mol. The molecule has 4 nitrogen and oxygen atoms in total. The van der Waals surface area contributed by atoms with E-state index in [1.54, 1.807) is 0 Å². The zero-order valence-electron chi connectivity index (χ0n) is 8.07. The molecular formula is C9H13N2O2. The standard InChI is InChI=1S/C9H13N2O2/c1-7-5-11(6-10-7)8(12)13-9(2,3)4/h5-6H,1H2,2-4H3. The highest BCUT2D eigenvalue weighted by atomic mass is 16.6. The Balaban J connectivity index is 2.70. The first-order valence-corrected chi connectivity index (χ1v) is 3.98. The molecule has 0 aliphatic rings. The van der Waals surface area contributed by atoms with Crippen LogP contribution < -0.4 is 0 Å². The second kappa shape index (κ2) is 3.20. The van der Waals surface area contributed by atoms with Crippen molar-refractivity contribution in [3.8, 4) is 0 Å². The highest BCUT2D eigenvalue weighted by molar-refractivity contribution is 5.70. The maximum Gasteiger partial charge on any atom is 0.419 e. The number of rotatable bonds is 0. The molecule has 1 radical (unpaired) electrons. The number of nitrogens with zero attached hydrogens (tertiary/aromatic N) is 2. The van der Waals surface area contributed by atoms with Gasteiger partial charge in [-0.15, -0.1) is 0 Å². The summed E-state index contributed by atoms with van der Waals surface area (Å²) in [6.07, 6.45) is 2.47. The van der Waals surface area contributed by atoms with Gasteiger partial charge in [0.05, 0.1) is 5.69 Å². The molecule has 71 valence electrons. The molecule has 0 saturated carbocycles. The highest BCUT2D eigenvalue weighted by Crippen LogP contribution is 2.08. The monoisotopic (exact) mass is 181 g/mol. The number of ether oxygens (including phenoxy) is 1. The normalized spacial score (nSPS) is 11.4. The Morgan fingerprint density at radius 2 is 2.23 bits per heavy atom. The van der Waals surface area contributed by atoms with Gasteiger partial charge in [-0.25, -0.2) is 14.3 Å². The quantitative estimate of drug-likeness (QED) is 0.613. The summed E-state index contributed by atoms with van der Waals surface area (Å²) in [5, 5.41) is 0. The summed E-state index contributed by atoms with van der Waals surface area (Å²) in [6, 6.07) is 0. The van der Waals surface area contributed by atoms with E-state index in [-0.39, 0.29) is 0 Å². The molecule has 1 rings (SSSR count). The van der Waals surface area contributed by atoms with Crippen molar-refractivity contribution in [2.75, 3.05) is 0 Å². The molecule has 0 aromatic carbocycles. The fraction of sp³-hybridized carbons (Fsp3) is 0.444. The lowest BCUT2D eigenvalue weighted by Gasteiger charge is -2.18. The fourth-order valence-electron chi connectivity index (χ4n) is 0.778. The largest absolute Gasteiger partial charge is 0.443 e. The maximum atomic E-state index is 11.3. The van der Waals surface area contributed by atoms with E-state index in [0.717, 1.165) is 0 Å². The van der Waals surface area contributed by atoms with Crippen LogP contribution in [0.4, 0.5) is 4.79 Å². The summed E-state index contributed by atoms with van der Waals surface area (Å²) < 4.78 is 6.36. The van der Waals surface area contributed by atoms with Gasteiger partial charge in [0.1, 0.15) is 11.9 Å². The number of hydrogen-bond donors (Lipinski definition) is 0. The van der Waals surface area contributed by atoms with Crippen LogP contribution in [0.5, 0.6) is 0 Å². The third kappa shape index (κ3) is 2.89. The van der Waals surface area contributed by atoms with Crippen LogP contribution in [0.15, 0.2) is 12.5 Å². The molecule has 0 bridgehead atoms. The summed E-state index contributed by atoms with van der Waals surface area (Å²) in [6.45, 7) is 9.02. The van der Waals surface area contributed by atoms with E-state index in [2.05, 4.69) is 11.9 Å². The number of imidazole rings is 1. The molecular weight excluding hydrogens is 168 g/mol. The minimum absolute atomic E-state index is 0.435. The maximum absolute atomic E-state index is 11.3. The molecule has 1 heterocycles. The van der Waals surface area contributed by atoms with E-state index in [1.807, 2.05) is 20.8 Å². The van der Waals surface area contributed by atoms with Crippen molar-refractivity contribution in [3.05, 3.63) is 25.1 Å². The highest BCUT2D eigenvalue weighted by Gasteiger charge is 2.17. The van der Waals surface area contributed by atoms with Gasteiger partial charge >= 0.3 is 6.09 Å². The number of carbonyl (C=O) groups is 1. The van der Waals surface area contributed by atoms with Gasteiger partial charge in [-0.3, -0.25) is 0 Å². The van der Waals surface area contributed by atoms with E-state index < -0.39 is 11.7 Å². The third-order valence-corrected chi connectivity index (χ3v) is 1.24. The molecule has 13 heavy (non-hydrogen) atoms. The van der Waals surface area contributed by atoms with E-state index in [9.17, 15) is 4.79 Å². The van der Waals surface area contributed by atoms with Gasteiger partial charge < -0.3 is 4.74 Å². The molecule has 1 aromatic rings. The first kappa shape index (κ1) is 9.77. The second-order valence-corrected chi connectivity index (χ2v) is 3.75. The van der Waals surface area contributed by atoms with Crippen LogP contribution >= 0.6 is 0 Å². The minimum atomic E-state index is -0.483. The summed E-state index contributed by atoms with van der Waals surface area (Å²) in [4.78, 5) is 15.2. The number of hydrogen-bond acceptors (Lipinski definition) is 3. The molecule has 0 fully saturated rings. The van der Waals surface area contributed by atoms with Gasteiger partial charge in [-0.05, 0) is 27.7 Å².